The molecule has 2 aromatic carbocycles. The molecule has 1 heterocycles. The molecule has 4 heteroatoms. The van der Waals surface area contributed by atoms with Crippen molar-refractivity contribution in [2.24, 2.45) is 0 Å². The summed E-state index contributed by atoms with van der Waals surface area (Å²) in [5.74, 6) is -0.285. The summed E-state index contributed by atoms with van der Waals surface area (Å²) in [5.41, 5.74) is 2.84. The van der Waals surface area contributed by atoms with Crippen molar-refractivity contribution in [1.82, 2.24) is 4.57 Å². The first kappa shape index (κ1) is 15.6. The zero-order chi connectivity index (χ0) is 16.4. The molecular formula is C19H18ClNO2. The maximum atomic E-state index is 11.9. The number of rotatable bonds is 4. The molecule has 0 N–H and O–H groups in total. The molecule has 0 atom stereocenters. The molecule has 3 rings (SSSR count). The third-order valence-electron chi connectivity index (χ3n) is 3.62. The molecule has 0 aliphatic rings. The summed E-state index contributed by atoms with van der Waals surface area (Å²) in [6.07, 6.45) is 1.93. The number of halogens is 1. The fourth-order valence-corrected chi connectivity index (χ4v) is 2.71. The Labute approximate surface area is 140 Å². The van der Waals surface area contributed by atoms with Gasteiger partial charge in [-0.25, -0.2) is 4.79 Å². The molecule has 0 radical (unpaired) electrons. The number of nitrogens with zero attached hydrogens (tertiary/aromatic N) is 1. The highest BCUT2D eigenvalue weighted by molar-refractivity contribution is 6.31. The van der Waals surface area contributed by atoms with Gasteiger partial charge >= 0.3 is 5.97 Å². The van der Waals surface area contributed by atoms with Gasteiger partial charge in [-0.3, -0.25) is 0 Å². The van der Waals surface area contributed by atoms with Crippen molar-refractivity contribution in [2.45, 2.75) is 26.5 Å². The van der Waals surface area contributed by atoms with Gasteiger partial charge in [-0.15, -0.1) is 0 Å². The average Bonchev–Trinajstić information content (AvgIpc) is 2.89. The lowest BCUT2D eigenvalue weighted by Crippen LogP contribution is -2.11. The van der Waals surface area contributed by atoms with E-state index in [1.165, 1.54) is 0 Å². The Bertz CT molecular complexity index is 834. The predicted octanol–water partition coefficient (Wildman–Crippen LogP) is 4.91. The summed E-state index contributed by atoms with van der Waals surface area (Å²) in [5, 5.41) is 1.86. The van der Waals surface area contributed by atoms with Crippen molar-refractivity contribution >= 4 is 28.5 Å². The molecular weight excluding hydrogens is 310 g/mol. The van der Waals surface area contributed by atoms with E-state index < -0.39 is 0 Å². The van der Waals surface area contributed by atoms with Crippen LogP contribution in [0.1, 0.15) is 29.8 Å². The summed E-state index contributed by atoms with van der Waals surface area (Å²) in [7, 11) is 0. The molecule has 0 aliphatic carbocycles. The average molecular weight is 328 g/mol. The van der Waals surface area contributed by atoms with Gasteiger partial charge in [0.1, 0.15) is 0 Å². The molecule has 0 amide bonds. The second-order valence-corrected chi connectivity index (χ2v) is 6.23. The standard InChI is InChI=1S/C19H18ClNO2/c1-13(2)23-19(22)15-5-3-14(4-6-15)12-21-10-9-16-11-17(20)7-8-18(16)21/h3-11,13H,12H2,1-2H3. The van der Waals surface area contributed by atoms with E-state index in [9.17, 15) is 4.79 Å². The van der Waals surface area contributed by atoms with Gasteiger partial charge in [0.25, 0.3) is 0 Å². The normalized spacial score (nSPS) is 11.1. The van der Waals surface area contributed by atoms with Crippen LogP contribution >= 0.6 is 11.6 Å². The fourth-order valence-electron chi connectivity index (χ4n) is 2.53. The summed E-state index contributed by atoms with van der Waals surface area (Å²) < 4.78 is 7.35. The van der Waals surface area contributed by atoms with Gasteiger partial charge in [0.2, 0.25) is 0 Å². The van der Waals surface area contributed by atoms with Gasteiger partial charge in [0.05, 0.1) is 11.7 Å². The molecule has 118 valence electrons. The van der Waals surface area contributed by atoms with Crippen molar-refractivity contribution in [3.63, 3.8) is 0 Å². The van der Waals surface area contributed by atoms with Gasteiger partial charge in [-0.2, -0.15) is 0 Å². The first-order chi connectivity index (χ1) is 11.0. The number of fused-ring (bicyclic) bond motifs is 1. The first-order valence-corrected chi connectivity index (χ1v) is 7.95. The maximum Gasteiger partial charge on any atom is 0.338 e. The number of ether oxygens (including phenoxy) is 1. The predicted molar refractivity (Wildman–Crippen MR) is 93.0 cm³/mol. The number of hydrogen-bond donors (Lipinski definition) is 0. The van der Waals surface area contributed by atoms with Crippen LogP contribution in [0.5, 0.6) is 0 Å². The molecule has 0 saturated carbocycles. The Balaban J connectivity index is 1.78. The lowest BCUT2D eigenvalue weighted by atomic mass is 10.1. The number of carbonyl (C=O) groups is 1. The zero-order valence-corrected chi connectivity index (χ0v) is 13.9. The van der Waals surface area contributed by atoms with E-state index in [0.29, 0.717) is 5.56 Å². The van der Waals surface area contributed by atoms with Crippen LogP contribution in [0.25, 0.3) is 10.9 Å². The highest BCUT2D eigenvalue weighted by Gasteiger charge is 2.09. The van der Waals surface area contributed by atoms with Gasteiger partial charge < -0.3 is 9.30 Å². The number of esters is 1. The molecule has 0 fully saturated rings. The van der Waals surface area contributed by atoms with Crippen LogP contribution < -0.4 is 0 Å². The number of aromatic nitrogens is 1. The van der Waals surface area contributed by atoms with Gasteiger partial charge in [0, 0.05) is 28.7 Å². The minimum atomic E-state index is -0.285. The number of benzene rings is 2. The smallest absolute Gasteiger partial charge is 0.338 e. The highest BCUT2D eigenvalue weighted by Crippen LogP contribution is 2.21. The van der Waals surface area contributed by atoms with Crippen LogP contribution in [0, 0.1) is 0 Å². The van der Waals surface area contributed by atoms with E-state index in [1.807, 2.05) is 62.5 Å². The fraction of sp³-hybridized carbons (Fsp3) is 0.211. The molecule has 3 aromatic rings. The molecule has 23 heavy (non-hydrogen) atoms. The van der Waals surface area contributed by atoms with E-state index in [2.05, 4.69) is 10.6 Å². The van der Waals surface area contributed by atoms with Crippen LogP contribution in [0.4, 0.5) is 0 Å². The van der Waals surface area contributed by atoms with E-state index in [1.54, 1.807) is 0 Å². The van der Waals surface area contributed by atoms with Crippen LogP contribution in [-0.2, 0) is 11.3 Å². The Morgan fingerprint density at radius 1 is 1.13 bits per heavy atom. The van der Waals surface area contributed by atoms with E-state index in [-0.39, 0.29) is 12.1 Å². The van der Waals surface area contributed by atoms with Crippen LogP contribution in [-0.4, -0.2) is 16.6 Å². The second-order valence-electron chi connectivity index (χ2n) is 5.80. The molecule has 0 aliphatic heterocycles. The van der Waals surface area contributed by atoms with Crippen molar-refractivity contribution in [3.05, 3.63) is 70.9 Å². The van der Waals surface area contributed by atoms with Crippen molar-refractivity contribution in [2.75, 3.05) is 0 Å². The highest BCUT2D eigenvalue weighted by atomic mass is 35.5. The van der Waals surface area contributed by atoms with Crippen molar-refractivity contribution < 1.29 is 9.53 Å². The summed E-state index contributed by atoms with van der Waals surface area (Å²) >= 11 is 6.02. The topological polar surface area (TPSA) is 31.2 Å². The van der Waals surface area contributed by atoms with E-state index in [4.69, 9.17) is 16.3 Å². The molecule has 0 unspecified atom stereocenters. The third-order valence-corrected chi connectivity index (χ3v) is 3.85. The Morgan fingerprint density at radius 2 is 1.87 bits per heavy atom. The third kappa shape index (κ3) is 3.57. The van der Waals surface area contributed by atoms with Crippen molar-refractivity contribution in [1.29, 1.82) is 0 Å². The molecule has 0 saturated heterocycles. The van der Waals surface area contributed by atoms with E-state index in [0.717, 1.165) is 28.0 Å². The second kappa shape index (κ2) is 6.47. The summed E-state index contributed by atoms with van der Waals surface area (Å²) in [4.78, 5) is 11.9. The lowest BCUT2D eigenvalue weighted by molar-refractivity contribution is 0.0378. The summed E-state index contributed by atoms with van der Waals surface area (Å²) in [6, 6.07) is 15.5. The van der Waals surface area contributed by atoms with Crippen molar-refractivity contribution in [3.8, 4) is 0 Å². The van der Waals surface area contributed by atoms with E-state index >= 15 is 0 Å². The monoisotopic (exact) mass is 327 g/mol. The van der Waals surface area contributed by atoms with Gasteiger partial charge in [0.15, 0.2) is 0 Å². The number of hydrogen-bond acceptors (Lipinski definition) is 2. The summed E-state index contributed by atoms with van der Waals surface area (Å²) in [6.45, 7) is 4.43. The molecule has 1 aromatic heterocycles. The maximum absolute atomic E-state index is 11.9. The molecule has 0 bridgehead atoms. The Hall–Kier alpha value is -2.26. The SMILES string of the molecule is CC(C)OC(=O)c1ccc(Cn2ccc3cc(Cl)ccc32)cc1. The first-order valence-electron chi connectivity index (χ1n) is 7.57. The van der Waals surface area contributed by atoms with Crippen LogP contribution in [0.2, 0.25) is 5.02 Å². The Kier molecular flexibility index (Phi) is 4.39. The van der Waals surface area contributed by atoms with Gasteiger partial charge in [-0.05, 0) is 55.8 Å². The van der Waals surface area contributed by atoms with Crippen LogP contribution in [0.15, 0.2) is 54.7 Å². The minimum absolute atomic E-state index is 0.111. The lowest BCUT2D eigenvalue weighted by Gasteiger charge is -2.09. The number of carbonyl (C=O) groups excluding carboxylic acids is 1. The minimum Gasteiger partial charge on any atom is -0.459 e. The largest absolute Gasteiger partial charge is 0.459 e. The van der Waals surface area contributed by atoms with Crippen LogP contribution in [0.3, 0.4) is 0 Å². The zero-order valence-electron chi connectivity index (χ0n) is 13.1. The quantitative estimate of drug-likeness (QED) is 0.638. The van der Waals surface area contributed by atoms with Gasteiger partial charge in [-0.1, -0.05) is 23.7 Å². The Morgan fingerprint density at radius 3 is 2.57 bits per heavy atom. The molecule has 0 spiro atoms. The molecule has 3 nitrogen and oxygen atoms in total.